The van der Waals surface area contributed by atoms with E-state index in [9.17, 15) is 14.0 Å². The normalized spacial score (nSPS) is 13.3. The van der Waals surface area contributed by atoms with Crippen LogP contribution in [0.2, 0.25) is 0 Å². The average molecular weight is 259 g/mol. The number of esters is 1. The van der Waals surface area contributed by atoms with E-state index >= 15 is 0 Å². The Morgan fingerprint density at radius 3 is 2.63 bits per heavy atom. The molecule has 0 radical (unpaired) electrons. The van der Waals surface area contributed by atoms with Gasteiger partial charge in [0.05, 0.1) is 17.8 Å². The third-order valence-corrected chi connectivity index (χ3v) is 3.19. The van der Waals surface area contributed by atoms with Gasteiger partial charge in [-0.25, -0.2) is 4.39 Å². The number of carbonyl (C=O) groups is 2. The molecule has 0 N–H and O–H groups in total. The highest BCUT2D eigenvalue weighted by molar-refractivity contribution is 6.08. The van der Waals surface area contributed by atoms with E-state index in [1.165, 1.54) is 24.3 Å². The molecular formula is C14H10FNO3. The SMILES string of the molecule is Cn1c(C(=O)c2ccc(F)cc2)cc2c1CC(=O)O2. The van der Waals surface area contributed by atoms with Gasteiger partial charge in [0.2, 0.25) is 5.78 Å². The van der Waals surface area contributed by atoms with Gasteiger partial charge in [0.25, 0.3) is 0 Å². The van der Waals surface area contributed by atoms with E-state index in [-0.39, 0.29) is 24.0 Å². The Hall–Kier alpha value is -2.43. The molecule has 0 spiro atoms. The molecule has 0 bridgehead atoms. The van der Waals surface area contributed by atoms with Crippen molar-refractivity contribution in [3.05, 3.63) is 53.1 Å². The summed E-state index contributed by atoms with van der Waals surface area (Å²) in [5.41, 5.74) is 1.51. The van der Waals surface area contributed by atoms with Gasteiger partial charge in [-0.2, -0.15) is 0 Å². The summed E-state index contributed by atoms with van der Waals surface area (Å²) in [5, 5.41) is 0. The zero-order valence-electron chi connectivity index (χ0n) is 10.1. The second kappa shape index (κ2) is 4.05. The number of hydrogen-bond acceptors (Lipinski definition) is 3. The lowest BCUT2D eigenvalue weighted by molar-refractivity contribution is -0.131. The van der Waals surface area contributed by atoms with Crippen LogP contribution in [0, 0.1) is 5.82 Å². The van der Waals surface area contributed by atoms with Crippen molar-refractivity contribution in [2.75, 3.05) is 0 Å². The largest absolute Gasteiger partial charge is 0.424 e. The number of ether oxygens (including phenoxy) is 1. The highest BCUT2D eigenvalue weighted by Gasteiger charge is 2.28. The molecule has 0 fully saturated rings. The van der Waals surface area contributed by atoms with Crippen LogP contribution in [0.1, 0.15) is 21.7 Å². The summed E-state index contributed by atoms with van der Waals surface area (Å²) in [6.07, 6.45) is 0.169. The number of ketones is 1. The van der Waals surface area contributed by atoms with Gasteiger partial charge in [-0.05, 0) is 24.3 Å². The van der Waals surface area contributed by atoms with Gasteiger partial charge in [0.1, 0.15) is 5.82 Å². The topological polar surface area (TPSA) is 48.3 Å². The van der Waals surface area contributed by atoms with E-state index in [2.05, 4.69) is 0 Å². The maximum Gasteiger partial charge on any atom is 0.317 e. The lowest BCUT2D eigenvalue weighted by Crippen LogP contribution is -2.11. The van der Waals surface area contributed by atoms with Crippen LogP contribution in [-0.4, -0.2) is 16.3 Å². The Bertz CT molecular complexity index is 685. The van der Waals surface area contributed by atoms with Crippen LogP contribution in [-0.2, 0) is 18.3 Å². The van der Waals surface area contributed by atoms with E-state index < -0.39 is 0 Å². The predicted molar refractivity (Wildman–Crippen MR) is 64.6 cm³/mol. The molecule has 0 saturated heterocycles. The zero-order chi connectivity index (χ0) is 13.6. The molecule has 2 aromatic rings. The van der Waals surface area contributed by atoms with E-state index in [0.717, 1.165) is 0 Å². The first kappa shape index (κ1) is 11.6. The predicted octanol–water partition coefficient (Wildman–Crippen LogP) is 1.86. The van der Waals surface area contributed by atoms with E-state index in [1.54, 1.807) is 17.7 Å². The maximum atomic E-state index is 12.8. The maximum absolute atomic E-state index is 12.8. The summed E-state index contributed by atoms with van der Waals surface area (Å²) in [5.74, 6) is -0.507. The quantitative estimate of drug-likeness (QED) is 0.611. The Kier molecular flexibility index (Phi) is 2.48. The Balaban J connectivity index is 2.00. The van der Waals surface area contributed by atoms with Gasteiger partial charge in [0.15, 0.2) is 5.75 Å². The summed E-state index contributed by atoms with van der Waals surface area (Å²) < 4.78 is 19.5. The Labute approximate surface area is 108 Å². The molecule has 4 nitrogen and oxygen atoms in total. The van der Waals surface area contributed by atoms with Crippen LogP contribution in [0.25, 0.3) is 0 Å². The van der Waals surface area contributed by atoms with Gasteiger partial charge in [-0.3, -0.25) is 9.59 Å². The number of rotatable bonds is 2. The van der Waals surface area contributed by atoms with Gasteiger partial charge >= 0.3 is 5.97 Å². The number of benzene rings is 1. The van der Waals surface area contributed by atoms with Crippen molar-refractivity contribution in [1.29, 1.82) is 0 Å². The average Bonchev–Trinajstić information content (AvgIpc) is 2.88. The van der Waals surface area contributed by atoms with Crippen molar-refractivity contribution in [3.8, 4) is 5.75 Å². The number of aromatic nitrogens is 1. The summed E-state index contributed by atoms with van der Waals surface area (Å²) in [4.78, 5) is 23.4. The Morgan fingerprint density at radius 2 is 2.00 bits per heavy atom. The number of halogens is 1. The number of nitrogens with zero attached hydrogens (tertiary/aromatic N) is 1. The second-order valence-corrected chi connectivity index (χ2v) is 4.39. The van der Waals surface area contributed by atoms with E-state index in [1.807, 2.05) is 0 Å². The van der Waals surface area contributed by atoms with Gasteiger partial charge in [0, 0.05) is 18.7 Å². The van der Waals surface area contributed by atoms with Gasteiger partial charge < -0.3 is 9.30 Å². The molecule has 1 aromatic carbocycles. The minimum Gasteiger partial charge on any atom is -0.424 e. The first-order valence-electron chi connectivity index (χ1n) is 5.76. The minimum absolute atomic E-state index is 0.169. The van der Waals surface area contributed by atoms with Crippen molar-refractivity contribution in [1.82, 2.24) is 4.57 Å². The molecule has 5 heteroatoms. The molecule has 19 heavy (non-hydrogen) atoms. The standard InChI is InChI=1S/C14H10FNO3/c1-16-10-7-13(17)19-12(10)6-11(16)14(18)8-2-4-9(15)5-3-8/h2-6H,7H2,1H3. The van der Waals surface area contributed by atoms with Crippen LogP contribution in [0.5, 0.6) is 5.75 Å². The number of hydrogen-bond donors (Lipinski definition) is 0. The molecule has 1 aliphatic heterocycles. The smallest absolute Gasteiger partial charge is 0.317 e. The molecule has 96 valence electrons. The molecule has 0 saturated carbocycles. The van der Waals surface area contributed by atoms with Crippen LogP contribution in [0.4, 0.5) is 4.39 Å². The van der Waals surface area contributed by atoms with Gasteiger partial charge in [-0.15, -0.1) is 0 Å². The highest BCUT2D eigenvalue weighted by atomic mass is 19.1. The summed E-state index contributed by atoms with van der Waals surface area (Å²) in [6, 6.07) is 6.89. The monoisotopic (exact) mass is 259 g/mol. The van der Waals surface area contributed by atoms with Crippen LogP contribution >= 0.6 is 0 Å². The molecule has 0 unspecified atom stereocenters. The summed E-state index contributed by atoms with van der Waals surface area (Å²) in [6.45, 7) is 0. The van der Waals surface area contributed by atoms with Crippen LogP contribution in [0.15, 0.2) is 30.3 Å². The van der Waals surface area contributed by atoms with Crippen LogP contribution in [0.3, 0.4) is 0 Å². The number of carbonyl (C=O) groups excluding carboxylic acids is 2. The molecule has 3 rings (SSSR count). The van der Waals surface area contributed by atoms with Crippen LogP contribution < -0.4 is 4.74 Å². The van der Waals surface area contributed by atoms with E-state index in [0.29, 0.717) is 22.7 Å². The van der Waals surface area contributed by atoms with Gasteiger partial charge in [-0.1, -0.05) is 0 Å². The first-order valence-corrected chi connectivity index (χ1v) is 5.76. The number of fused-ring (bicyclic) bond motifs is 1. The van der Waals surface area contributed by atoms with Crippen molar-refractivity contribution >= 4 is 11.8 Å². The van der Waals surface area contributed by atoms with Crippen molar-refractivity contribution < 1.29 is 18.7 Å². The molecule has 0 aliphatic carbocycles. The molecule has 2 heterocycles. The molecule has 0 amide bonds. The highest BCUT2D eigenvalue weighted by Crippen LogP contribution is 2.30. The third kappa shape index (κ3) is 1.83. The second-order valence-electron chi connectivity index (χ2n) is 4.39. The summed E-state index contributed by atoms with van der Waals surface area (Å²) in [7, 11) is 1.71. The minimum atomic E-state index is -0.389. The fourth-order valence-corrected chi connectivity index (χ4v) is 2.17. The zero-order valence-corrected chi connectivity index (χ0v) is 10.1. The fraction of sp³-hybridized carbons (Fsp3) is 0.143. The fourth-order valence-electron chi connectivity index (χ4n) is 2.17. The van der Waals surface area contributed by atoms with Crippen molar-refractivity contribution in [3.63, 3.8) is 0 Å². The van der Waals surface area contributed by atoms with Crippen molar-refractivity contribution in [2.24, 2.45) is 7.05 Å². The summed E-state index contributed by atoms with van der Waals surface area (Å²) >= 11 is 0. The lowest BCUT2D eigenvalue weighted by Gasteiger charge is -2.04. The first-order chi connectivity index (χ1) is 9.06. The third-order valence-electron chi connectivity index (χ3n) is 3.19. The molecular weight excluding hydrogens is 249 g/mol. The molecule has 0 atom stereocenters. The Morgan fingerprint density at radius 1 is 1.32 bits per heavy atom. The molecule has 1 aromatic heterocycles. The van der Waals surface area contributed by atoms with Crippen molar-refractivity contribution in [2.45, 2.75) is 6.42 Å². The molecule has 1 aliphatic rings. The lowest BCUT2D eigenvalue weighted by atomic mass is 10.1. The van der Waals surface area contributed by atoms with E-state index in [4.69, 9.17) is 4.74 Å².